The van der Waals surface area contributed by atoms with Gasteiger partial charge in [-0.2, -0.15) is 11.8 Å². The second-order valence-electron chi connectivity index (χ2n) is 12.1. The molecule has 0 radical (unpaired) electrons. The Labute approximate surface area is 246 Å². The second kappa shape index (κ2) is 18.6. The molecule has 3 aliphatic rings. The van der Waals surface area contributed by atoms with Crippen LogP contribution in [-0.2, 0) is 0 Å². The van der Waals surface area contributed by atoms with Gasteiger partial charge in [-0.1, -0.05) is 103 Å². The van der Waals surface area contributed by atoms with Crippen molar-refractivity contribution >= 4 is 11.8 Å². The van der Waals surface area contributed by atoms with E-state index in [0.717, 1.165) is 62.9 Å². The molecule has 3 aliphatic carbocycles. The van der Waals surface area contributed by atoms with Crippen LogP contribution in [0.5, 0.6) is 0 Å². The lowest BCUT2D eigenvalue weighted by Gasteiger charge is -2.42. The van der Waals surface area contributed by atoms with Crippen LogP contribution in [0, 0.1) is 23.2 Å². The molecule has 0 spiro atoms. The van der Waals surface area contributed by atoms with E-state index in [9.17, 15) is 10.2 Å². The van der Waals surface area contributed by atoms with Crippen molar-refractivity contribution in [3.8, 4) is 0 Å². The number of hydrogen-bond acceptors (Lipinski definition) is 4. The third-order valence-electron chi connectivity index (χ3n) is 9.79. The minimum absolute atomic E-state index is 0.194. The van der Waals surface area contributed by atoms with Gasteiger partial charge in [-0.3, -0.25) is 0 Å². The minimum Gasteiger partial charge on any atom is -0.400 e. The number of aliphatic hydroxyl groups is 3. The molecule has 3 rings (SSSR count). The molecular weight excluding hydrogens is 500 g/mol. The fourth-order valence-corrected chi connectivity index (χ4v) is 7.81. The summed E-state index contributed by atoms with van der Waals surface area (Å²) in [5, 5.41) is 28.2. The summed E-state index contributed by atoms with van der Waals surface area (Å²) in [6.07, 6.45) is 19.2. The molecule has 4 heteroatoms. The van der Waals surface area contributed by atoms with Crippen molar-refractivity contribution in [2.45, 2.75) is 137 Å². The van der Waals surface area contributed by atoms with Gasteiger partial charge in [-0.05, 0) is 86.2 Å². The molecule has 0 heterocycles. The average molecular weight is 563 g/mol. The molecule has 39 heavy (non-hydrogen) atoms. The minimum atomic E-state index is -0.358. The molecule has 1 unspecified atom stereocenters. The summed E-state index contributed by atoms with van der Waals surface area (Å²) in [4.78, 5) is 0. The highest BCUT2D eigenvalue weighted by Gasteiger charge is 2.46. The van der Waals surface area contributed by atoms with Crippen LogP contribution in [0.2, 0.25) is 0 Å². The van der Waals surface area contributed by atoms with Crippen molar-refractivity contribution in [3.63, 3.8) is 0 Å². The normalized spacial score (nSPS) is 28.4. The molecular formula is C35H62O3S. The fourth-order valence-electron chi connectivity index (χ4n) is 6.51. The highest BCUT2D eigenvalue weighted by molar-refractivity contribution is 8.00. The largest absolute Gasteiger partial charge is 0.400 e. The van der Waals surface area contributed by atoms with Crippen LogP contribution in [0.3, 0.4) is 0 Å². The zero-order chi connectivity index (χ0) is 29.6. The van der Waals surface area contributed by atoms with Gasteiger partial charge in [-0.25, -0.2) is 0 Å². The van der Waals surface area contributed by atoms with Crippen LogP contribution in [0.15, 0.2) is 47.1 Å². The van der Waals surface area contributed by atoms with Crippen molar-refractivity contribution in [2.75, 3.05) is 12.9 Å². The van der Waals surface area contributed by atoms with Crippen LogP contribution in [0.1, 0.15) is 119 Å². The van der Waals surface area contributed by atoms with E-state index in [1.165, 1.54) is 37.7 Å². The molecule has 0 aromatic carbocycles. The van der Waals surface area contributed by atoms with E-state index >= 15 is 0 Å². The van der Waals surface area contributed by atoms with Gasteiger partial charge in [-0.15, -0.1) is 0 Å². The number of rotatable bonds is 10. The van der Waals surface area contributed by atoms with Crippen molar-refractivity contribution < 1.29 is 15.3 Å². The van der Waals surface area contributed by atoms with Gasteiger partial charge in [0, 0.05) is 18.1 Å². The van der Waals surface area contributed by atoms with Gasteiger partial charge in [0.05, 0.1) is 12.2 Å². The highest BCUT2D eigenvalue weighted by Crippen LogP contribution is 2.56. The smallest absolute Gasteiger partial charge is 0.0787 e. The SMILES string of the molecule is C=C1/C(=C\C=C2/CCC[C@]3(C)C([C@@H](C)SC[C@@H](O)C(CC)CC)=CCC23)CCC[C@@H]1O.CCC(C)CC.CO. The predicted octanol–water partition coefficient (Wildman–Crippen LogP) is 9.05. The topological polar surface area (TPSA) is 60.7 Å². The molecule has 5 atom stereocenters. The van der Waals surface area contributed by atoms with Crippen molar-refractivity contribution in [1.29, 1.82) is 0 Å². The van der Waals surface area contributed by atoms with Crippen molar-refractivity contribution in [1.82, 2.24) is 0 Å². The molecule has 3 N–H and O–H groups in total. The number of thioether (sulfide) groups is 1. The van der Waals surface area contributed by atoms with E-state index < -0.39 is 0 Å². The fraction of sp³-hybridized carbons (Fsp3) is 0.771. The van der Waals surface area contributed by atoms with Crippen molar-refractivity contribution in [2.24, 2.45) is 23.2 Å². The summed E-state index contributed by atoms with van der Waals surface area (Å²) in [7, 11) is 1.00. The van der Waals surface area contributed by atoms with Crippen molar-refractivity contribution in [3.05, 3.63) is 47.1 Å². The standard InChI is InChI=1S/C28H44O2S.C6H14.CH4O/c1-6-21(7-2)27(30)18-31-20(4)24-15-16-25-23(11-9-17-28(24,25)5)14-13-22-10-8-12-26(29)19(22)3;1-4-6(3)5-2;1-2/h13-15,20-21,25-27,29-30H,3,6-12,16-18H2,1-2,4-5H3;6H,4-5H2,1-3H3;2H,1H3/b22-13-,23-14+;;/t20-,25?,26+,27-,28-;;/m1../s1. The maximum Gasteiger partial charge on any atom is 0.0787 e. The van der Waals surface area contributed by atoms with Gasteiger partial charge in [0.2, 0.25) is 0 Å². The summed E-state index contributed by atoms with van der Waals surface area (Å²) < 4.78 is 0. The lowest BCUT2D eigenvalue weighted by molar-refractivity contribution is 0.125. The Kier molecular flexibility index (Phi) is 17.3. The van der Waals surface area contributed by atoms with E-state index in [2.05, 4.69) is 73.3 Å². The molecule has 0 bridgehead atoms. The monoisotopic (exact) mass is 562 g/mol. The van der Waals surface area contributed by atoms with Gasteiger partial charge >= 0.3 is 0 Å². The summed E-state index contributed by atoms with van der Waals surface area (Å²) in [5.41, 5.74) is 5.60. The number of allylic oxidation sites excluding steroid dienone is 4. The zero-order valence-electron chi connectivity index (χ0n) is 26.6. The molecule has 226 valence electrons. The Bertz CT molecular complexity index is 805. The first kappa shape index (κ1) is 36.2. The number of hydrogen-bond donors (Lipinski definition) is 3. The molecule has 3 nitrogen and oxygen atoms in total. The molecule has 0 aromatic rings. The first-order valence-electron chi connectivity index (χ1n) is 15.8. The second-order valence-corrected chi connectivity index (χ2v) is 13.5. The van der Waals surface area contributed by atoms with Crippen LogP contribution < -0.4 is 0 Å². The Hall–Kier alpha value is -0.810. The van der Waals surface area contributed by atoms with Gasteiger partial charge in [0.1, 0.15) is 0 Å². The predicted molar refractivity (Wildman–Crippen MR) is 173 cm³/mol. The van der Waals surface area contributed by atoms with Crippen LogP contribution >= 0.6 is 11.8 Å². The zero-order valence-corrected chi connectivity index (χ0v) is 27.5. The molecule has 0 aliphatic heterocycles. The Morgan fingerprint density at radius 2 is 1.67 bits per heavy atom. The Balaban J connectivity index is 0.000000839. The highest BCUT2D eigenvalue weighted by atomic mass is 32.2. The maximum atomic E-state index is 10.6. The molecule has 2 saturated carbocycles. The first-order chi connectivity index (χ1) is 18.6. The van der Waals surface area contributed by atoms with Crippen LogP contribution in [-0.4, -0.2) is 45.6 Å². The lowest BCUT2D eigenvalue weighted by atomic mass is 9.64. The number of fused-ring (bicyclic) bond motifs is 1. The summed E-state index contributed by atoms with van der Waals surface area (Å²) in [6, 6.07) is 0. The van der Waals surface area contributed by atoms with E-state index in [1.807, 2.05) is 11.8 Å². The first-order valence-corrected chi connectivity index (χ1v) is 16.9. The molecule has 0 amide bonds. The lowest BCUT2D eigenvalue weighted by Crippen LogP contribution is -2.33. The Morgan fingerprint density at radius 1 is 1.03 bits per heavy atom. The van der Waals surface area contributed by atoms with E-state index in [0.29, 0.717) is 17.1 Å². The number of aliphatic hydroxyl groups excluding tert-OH is 3. The van der Waals surface area contributed by atoms with E-state index in [1.54, 1.807) is 11.1 Å². The third kappa shape index (κ3) is 10.2. The van der Waals surface area contributed by atoms with Gasteiger partial charge in [0.15, 0.2) is 0 Å². The van der Waals surface area contributed by atoms with Crippen LogP contribution in [0.25, 0.3) is 0 Å². The van der Waals surface area contributed by atoms with Gasteiger partial charge in [0.25, 0.3) is 0 Å². The van der Waals surface area contributed by atoms with Gasteiger partial charge < -0.3 is 15.3 Å². The maximum absolute atomic E-state index is 10.6. The van der Waals surface area contributed by atoms with Crippen LogP contribution in [0.4, 0.5) is 0 Å². The summed E-state index contributed by atoms with van der Waals surface area (Å²) >= 11 is 1.94. The average Bonchev–Trinajstić information content (AvgIpc) is 3.31. The molecule has 0 saturated heterocycles. The summed E-state index contributed by atoms with van der Waals surface area (Å²) in [6.45, 7) is 20.1. The Morgan fingerprint density at radius 3 is 2.23 bits per heavy atom. The molecule has 2 fully saturated rings. The van der Waals surface area contributed by atoms with E-state index in [-0.39, 0.29) is 17.6 Å². The quantitative estimate of drug-likeness (QED) is 0.232. The third-order valence-corrected chi connectivity index (χ3v) is 11.1. The van der Waals surface area contributed by atoms with E-state index in [4.69, 9.17) is 5.11 Å². The molecule has 0 aromatic heterocycles. The summed E-state index contributed by atoms with van der Waals surface area (Å²) in [5.74, 6) is 2.79.